The highest BCUT2D eigenvalue weighted by atomic mass is 16.7. The molecule has 0 atom stereocenters. The fraction of sp³-hybridized carbons (Fsp3) is 0.467. The van der Waals surface area contributed by atoms with E-state index in [2.05, 4.69) is 5.32 Å². The van der Waals surface area contributed by atoms with Crippen LogP contribution < -0.4 is 14.8 Å². The molecule has 6 nitrogen and oxygen atoms in total. The lowest BCUT2D eigenvalue weighted by molar-refractivity contribution is -0.137. The van der Waals surface area contributed by atoms with Crippen LogP contribution in [0, 0.1) is 0 Å². The summed E-state index contributed by atoms with van der Waals surface area (Å²) >= 11 is 0. The van der Waals surface area contributed by atoms with Crippen LogP contribution in [0.5, 0.6) is 11.5 Å². The van der Waals surface area contributed by atoms with Crippen LogP contribution in [-0.2, 0) is 9.59 Å². The summed E-state index contributed by atoms with van der Waals surface area (Å²) in [5.41, 5.74) is 0.208. The SMILES string of the molecule is CC(=O)N(CC(=O)Nc1ccc2c(c1)OCO2)C(C)(C)C. The van der Waals surface area contributed by atoms with Gasteiger partial charge in [0.15, 0.2) is 11.5 Å². The highest BCUT2D eigenvalue weighted by Crippen LogP contribution is 2.34. The fourth-order valence-corrected chi connectivity index (χ4v) is 2.14. The minimum Gasteiger partial charge on any atom is -0.454 e. The summed E-state index contributed by atoms with van der Waals surface area (Å²) < 4.78 is 10.5. The van der Waals surface area contributed by atoms with Crippen LogP contribution in [0.25, 0.3) is 0 Å². The average Bonchev–Trinajstić information content (AvgIpc) is 2.81. The summed E-state index contributed by atoms with van der Waals surface area (Å²) in [6, 6.07) is 5.18. The predicted octanol–water partition coefficient (Wildman–Crippen LogP) is 2.00. The number of benzene rings is 1. The molecular formula is C15H20N2O4. The molecule has 0 saturated carbocycles. The minimum absolute atomic E-state index is 0.00722. The smallest absolute Gasteiger partial charge is 0.244 e. The summed E-state index contributed by atoms with van der Waals surface area (Å²) in [5, 5.41) is 2.76. The highest BCUT2D eigenvalue weighted by molar-refractivity contribution is 5.94. The van der Waals surface area contributed by atoms with Gasteiger partial charge in [-0.2, -0.15) is 0 Å². The summed E-state index contributed by atoms with van der Waals surface area (Å²) in [6.45, 7) is 7.33. The van der Waals surface area contributed by atoms with Crippen molar-refractivity contribution in [3.63, 3.8) is 0 Å². The lowest BCUT2D eigenvalue weighted by Gasteiger charge is -2.34. The molecule has 1 aliphatic heterocycles. The molecule has 0 unspecified atom stereocenters. The zero-order valence-corrected chi connectivity index (χ0v) is 12.7. The zero-order valence-electron chi connectivity index (χ0n) is 12.7. The van der Waals surface area contributed by atoms with Crippen LogP contribution in [0.2, 0.25) is 0 Å². The molecule has 114 valence electrons. The van der Waals surface area contributed by atoms with Crippen LogP contribution in [0.4, 0.5) is 5.69 Å². The minimum atomic E-state index is -0.405. The molecule has 0 saturated heterocycles. The van der Waals surface area contributed by atoms with Crippen molar-refractivity contribution in [2.24, 2.45) is 0 Å². The van der Waals surface area contributed by atoms with Gasteiger partial charge in [0, 0.05) is 24.2 Å². The van der Waals surface area contributed by atoms with Gasteiger partial charge in [0.05, 0.1) is 0 Å². The number of hydrogen-bond donors (Lipinski definition) is 1. The molecule has 21 heavy (non-hydrogen) atoms. The second kappa shape index (κ2) is 5.63. The van der Waals surface area contributed by atoms with E-state index in [-0.39, 0.29) is 25.2 Å². The van der Waals surface area contributed by atoms with Crippen molar-refractivity contribution in [3.8, 4) is 11.5 Å². The van der Waals surface area contributed by atoms with Gasteiger partial charge in [0.1, 0.15) is 6.54 Å². The van der Waals surface area contributed by atoms with Crippen molar-refractivity contribution in [3.05, 3.63) is 18.2 Å². The molecule has 2 rings (SSSR count). The third-order valence-electron chi connectivity index (χ3n) is 3.15. The quantitative estimate of drug-likeness (QED) is 0.925. The van der Waals surface area contributed by atoms with Crippen molar-refractivity contribution in [2.75, 3.05) is 18.7 Å². The van der Waals surface area contributed by atoms with E-state index in [4.69, 9.17) is 9.47 Å². The van der Waals surface area contributed by atoms with E-state index in [0.717, 1.165) is 0 Å². The second-order valence-electron chi connectivity index (χ2n) is 5.89. The van der Waals surface area contributed by atoms with E-state index in [1.807, 2.05) is 20.8 Å². The van der Waals surface area contributed by atoms with Crippen molar-refractivity contribution < 1.29 is 19.1 Å². The number of ether oxygens (including phenoxy) is 2. The van der Waals surface area contributed by atoms with Crippen LogP contribution in [0.1, 0.15) is 27.7 Å². The van der Waals surface area contributed by atoms with E-state index in [9.17, 15) is 9.59 Å². The van der Waals surface area contributed by atoms with Gasteiger partial charge in [-0.05, 0) is 32.9 Å². The first-order valence-electron chi connectivity index (χ1n) is 6.75. The Bertz CT molecular complexity index is 563. The first-order valence-corrected chi connectivity index (χ1v) is 6.75. The monoisotopic (exact) mass is 292 g/mol. The number of carbonyl (C=O) groups is 2. The molecule has 0 bridgehead atoms. The Morgan fingerprint density at radius 2 is 1.90 bits per heavy atom. The maximum atomic E-state index is 12.1. The van der Waals surface area contributed by atoms with Gasteiger partial charge in [-0.25, -0.2) is 0 Å². The van der Waals surface area contributed by atoms with Gasteiger partial charge in [0.25, 0.3) is 0 Å². The molecule has 1 aliphatic rings. The number of nitrogens with zero attached hydrogens (tertiary/aromatic N) is 1. The standard InChI is InChI=1S/C15H20N2O4/c1-10(18)17(15(2,3)4)8-14(19)16-11-5-6-12-13(7-11)21-9-20-12/h5-7H,8-9H2,1-4H3,(H,16,19). The molecule has 1 N–H and O–H groups in total. The largest absolute Gasteiger partial charge is 0.454 e. The van der Waals surface area contributed by atoms with Crippen LogP contribution in [-0.4, -0.2) is 35.6 Å². The summed E-state index contributed by atoms with van der Waals surface area (Å²) in [4.78, 5) is 25.3. The molecule has 0 aromatic heterocycles. The normalized spacial score (nSPS) is 13.0. The number of hydrogen-bond acceptors (Lipinski definition) is 4. The van der Waals surface area contributed by atoms with E-state index < -0.39 is 5.54 Å². The van der Waals surface area contributed by atoms with E-state index in [1.165, 1.54) is 11.8 Å². The zero-order chi connectivity index (χ0) is 15.6. The summed E-state index contributed by atoms with van der Waals surface area (Å²) in [5.74, 6) is 0.877. The maximum Gasteiger partial charge on any atom is 0.244 e. The maximum absolute atomic E-state index is 12.1. The molecule has 1 aromatic carbocycles. The third-order valence-corrected chi connectivity index (χ3v) is 3.15. The lowest BCUT2D eigenvalue weighted by atomic mass is 10.1. The number of fused-ring (bicyclic) bond motifs is 1. The van der Waals surface area contributed by atoms with Gasteiger partial charge in [-0.3, -0.25) is 9.59 Å². The number of anilines is 1. The Hall–Kier alpha value is -2.24. The molecule has 0 fully saturated rings. The summed E-state index contributed by atoms with van der Waals surface area (Å²) in [6.07, 6.45) is 0. The Kier molecular flexibility index (Phi) is 4.06. The topological polar surface area (TPSA) is 67.9 Å². The number of rotatable bonds is 3. The van der Waals surface area contributed by atoms with Crippen molar-refractivity contribution in [1.82, 2.24) is 4.90 Å². The lowest BCUT2D eigenvalue weighted by Crippen LogP contribution is -2.48. The molecule has 0 radical (unpaired) electrons. The van der Waals surface area contributed by atoms with Gasteiger partial charge < -0.3 is 19.7 Å². The van der Waals surface area contributed by atoms with Crippen molar-refractivity contribution >= 4 is 17.5 Å². The molecular weight excluding hydrogens is 272 g/mol. The van der Waals surface area contributed by atoms with Crippen molar-refractivity contribution in [1.29, 1.82) is 0 Å². The molecule has 0 aliphatic carbocycles. The van der Waals surface area contributed by atoms with E-state index >= 15 is 0 Å². The molecule has 0 spiro atoms. The Morgan fingerprint density at radius 3 is 2.52 bits per heavy atom. The average molecular weight is 292 g/mol. The first kappa shape index (κ1) is 15.2. The van der Waals surface area contributed by atoms with E-state index in [0.29, 0.717) is 17.2 Å². The number of nitrogens with one attached hydrogen (secondary N) is 1. The summed E-state index contributed by atoms with van der Waals surface area (Å²) in [7, 11) is 0. The third kappa shape index (κ3) is 3.65. The van der Waals surface area contributed by atoms with Crippen LogP contribution in [0.15, 0.2) is 18.2 Å². The number of carbonyl (C=O) groups excluding carboxylic acids is 2. The van der Waals surface area contributed by atoms with Gasteiger partial charge in [-0.1, -0.05) is 0 Å². The Labute approximate surface area is 124 Å². The molecule has 1 heterocycles. The van der Waals surface area contributed by atoms with Gasteiger partial charge >= 0.3 is 0 Å². The Morgan fingerprint density at radius 1 is 1.24 bits per heavy atom. The molecule has 2 amide bonds. The van der Waals surface area contributed by atoms with Crippen molar-refractivity contribution in [2.45, 2.75) is 33.2 Å². The van der Waals surface area contributed by atoms with Crippen LogP contribution >= 0.6 is 0 Å². The van der Waals surface area contributed by atoms with Gasteiger partial charge in [0.2, 0.25) is 18.6 Å². The predicted molar refractivity (Wildman–Crippen MR) is 78.3 cm³/mol. The highest BCUT2D eigenvalue weighted by Gasteiger charge is 2.26. The van der Waals surface area contributed by atoms with Gasteiger partial charge in [-0.15, -0.1) is 0 Å². The molecule has 6 heteroatoms. The fourth-order valence-electron chi connectivity index (χ4n) is 2.14. The number of amides is 2. The first-order chi connectivity index (χ1) is 9.77. The van der Waals surface area contributed by atoms with E-state index in [1.54, 1.807) is 18.2 Å². The molecule has 1 aromatic rings. The van der Waals surface area contributed by atoms with Crippen LogP contribution in [0.3, 0.4) is 0 Å². The second-order valence-corrected chi connectivity index (χ2v) is 5.89. The Balaban J connectivity index is 2.03.